The van der Waals surface area contributed by atoms with Crippen molar-refractivity contribution in [1.82, 2.24) is 25.1 Å². The lowest BCUT2D eigenvalue weighted by atomic mass is 10.1. The summed E-state index contributed by atoms with van der Waals surface area (Å²) in [6.45, 7) is 0.712. The highest BCUT2D eigenvalue weighted by molar-refractivity contribution is 6.40. The van der Waals surface area contributed by atoms with Gasteiger partial charge in [0.2, 0.25) is 0 Å². The zero-order chi connectivity index (χ0) is 31.3. The molecule has 16 heteroatoms. The average Bonchev–Trinajstić information content (AvgIpc) is 2.97. The summed E-state index contributed by atoms with van der Waals surface area (Å²) in [5.41, 5.74) is -0.415. The van der Waals surface area contributed by atoms with Crippen molar-refractivity contribution in [3.63, 3.8) is 0 Å². The number of aromatic nitrogens is 2. The lowest BCUT2D eigenvalue weighted by molar-refractivity contribution is -0.142. The van der Waals surface area contributed by atoms with Crippen molar-refractivity contribution in [2.75, 3.05) is 38.6 Å². The maximum Gasteiger partial charge on any atom is 0.346 e. The number of urea groups is 1. The van der Waals surface area contributed by atoms with E-state index in [2.05, 4.69) is 20.6 Å². The Morgan fingerprint density at radius 3 is 2.00 bits per heavy atom. The Hall–Kier alpha value is -3.84. The number of piperazine rings is 1. The molecule has 2 aromatic carbocycles. The standard InChI is InChI=1S/C27H24Cl4N6O6/c1-43-25(40)19(12-14-13-32-26(41)35-22(14)34-23(38)20-15(28)4-2-5-16(20)29)33-27(42)37-10-8-36(9-11-37)24(39)21-17(30)6-3-7-18(21)31/h2-7,13,19H,8-12H2,1H3,(H,33,42)(H2,32,34,35,38,41). The van der Waals surface area contributed by atoms with Gasteiger partial charge in [-0.05, 0) is 24.3 Å². The van der Waals surface area contributed by atoms with Crippen LogP contribution in [-0.2, 0) is 16.0 Å². The number of halogens is 4. The van der Waals surface area contributed by atoms with Gasteiger partial charge in [0, 0.05) is 44.4 Å². The van der Waals surface area contributed by atoms with Crippen molar-refractivity contribution in [1.29, 1.82) is 0 Å². The van der Waals surface area contributed by atoms with Crippen molar-refractivity contribution < 1.29 is 23.9 Å². The van der Waals surface area contributed by atoms with Gasteiger partial charge in [0.25, 0.3) is 11.8 Å². The number of ether oxygens (including phenoxy) is 1. The topological polar surface area (TPSA) is 154 Å². The number of rotatable bonds is 7. The van der Waals surface area contributed by atoms with E-state index < -0.39 is 29.6 Å². The number of carbonyl (C=O) groups excluding carboxylic acids is 4. The number of H-pyrrole nitrogens is 1. The molecule has 3 aromatic rings. The fourth-order valence-corrected chi connectivity index (χ4v) is 5.47. The molecule has 2 heterocycles. The van der Waals surface area contributed by atoms with E-state index in [0.29, 0.717) is 0 Å². The van der Waals surface area contributed by atoms with Crippen molar-refractivity contribution in [2.24, 2.45) is 0 Å². The summed E-state index contributed by atoms with van der Waals surface area (Å²) >= 11 is 24.6. The minimum atomic E-state index is -1.23. The molecule has 12 nitrogen and oxygen atoms in total. The van der Waals surface area contributed by atoms with Gasteiger partial charge in [-0.2, -0.15) is 4.98 Å². The van der Waals surface area contributed by atoms with Crippen LogP contribution < -0.4 is 16.3 Å². The first kappa shape index (κ1) is 32.1. The van der Waals surface area contributed by atoms with Gasteiger partial charge >= 0.3 is 17.7 Å². The number of aromatic amines is 1. The molecule has 0 spiro atoms. The minimum absolute atomic E-state index is 0.0360. The molecule has 1 saturated heterocycles. The Balaban J connectivity index is 1.45. The summed E-state index contributed by atoms with van der Waals surface area (Å²) in [6.07, 6.45) is 1.04. The Labute approximate surface area is 265 Å². The molecule has 1 aliphatic rings. The monoisotopic (exact) mass is 668 g/mol. The zero-order valence-corrected chi connectivity index (χ0v) is 25.5. The number of esters is 1. The molecule has 0 radical (unpaired) electrons. The number of nitrogens with one attached hydrogen (secondary N) is 3. The number of anilines is 1. The van der Waals surface area contributed by atoms with E-state index in [1.165, 1.54) is 28.1 Å². The van der Waals surface area contributed by atoms with Crippen LogP contribution in [0.25, 0.3) is 0 Å². The highest BCUT2D eigenvalue weighted by atomic mass is 35.5. The Morgan fingerprint density at radius 1 is 0.907 bits per heavy atom. The predicted molar refractivity (Wildman–Crippen MR) is 161 cm³/mol. The summed E-state index contributed by atoms with van der Waals surface area (Å²) in [5.74, 6) is -2.05. The van der Waals surface area contributed by atoms with Crippen molar-refractivity contribution in [2.45, 2.75) is 12.5 Å². The Kier molecular flexibility index (Phi) is 10.5. The highest BCUT2D eigenvalue weighted by Crippen LogP contribution is 2.27. The molecule has 4 amide bonds. The molecule has 226 valence electrons. The quantitative estimate of drug-likeness (QED) is 0.323. The molecular formula is C27H24Cl4N6O6. The van der Waals surface area contributed by atoms with E-state index in [9.17, 15) is 24.0 Å². The van der Waals surface area contributed by atoms with E-state index in [1.807, 2.05) is 0 Å². The predicted octanol–water partition coefficient (Wildman–Crippen LogP) is 3.89. The normalized spacial score (nSPS) is 13.7. The smallest absolute Gasteiger partial charge is 0.346 e. The largest absolute Gasteiger partial charge is 0.467 e. The molecular weight excluding hydrogens is 646 g/mol. The third kappa shape index (κ3) is 7.57. The number of methoxy groups -OCH3 is 1. The van der Waals surface area contributed by atoms with Crippen LogP contribution in [-0.4, -0.2) is 82.9 Å². The Bertz CT molecular complexity index is 1590. The lowest BCUT2D eigenvalue weighted by Gasteiger charge is -2.35. The van der Waals surface area contributed by atoms with Crippen LogP contribution in [0, 0.1) is 0 Å². The van der Waals surface area contributed by atoms with Crippen LogP contribution in [0.4, 0.5) is 10.6 Å². The summed E-state index contributed by atoms with van der Waals surface area (Å²) < 4.78 is 4.87. The summed E-state index contributed by atoms with van der Waals surface area (Å²) in [4.78, 5) is 72.9. The van der Waals surface area contributed by atoms with Gasteiger partial charge in [-0.3, -0.25) is 9.59 Å². The molecule has 0 bridgehead atoms. The maximum absolute atomic E-state index is 13.1. The molecule has 1 atom stereocenters. The van der Waals surface area contributed by atoms with Gasteiger partial charge in [0.15, 0.2) is 0 Å². The molecule has 1 fully saturated rings. The first-order chi connectivity index (χ1) is 20.5. The molecule has 0 saturated carbocycles. The number of hydrogen-bond donors (Lipinski definition) is 3. The zero-order valence-electron chi connectivity index (χ0n) is 22.5. The summed E-state index contributed by atoms with van der Waals surface area (Å²) in [6, 6.07) is 7.45. The second-order valence-electron chi connectivity index (χ2n) is 9.24. The molecule has 1 aliphatic heterocycles. The molecule has 3 N–H and O–H groups in total. The lowest BCUT2D eigenvalue weighted by Crippen LogP contribution is -2.56. The minimum Gasteiger partial charge on any atom is -0.467 e. The first-order valence-electron chi connectivity index (χ1n) is 12.7. The van der Waals surface area contributed by atoms with Crippen LogP contribution in [0.15, 0.2) is 47.4 Å². The fraction of sp³-hybridized carbons (Fsp3) is 0.259. The SMILES string of the molecule is COC(=O)C(Cc1c[nH]c(=O)nc1NC(=O)c1c(Cl)cccc1Cl)NC(=O)N1CCN(C(=O)c2c(Cl)cccc2Cl)CC1. The number of nitrogens with zero attached hydrogens (tertiary/aromatic N) is 3. The van der Waals surface area contributed by atoms with Crippen molar-refractivity contribution in [3.05, 3.63) is 89.9 Å². The van der Waals surface area contributed by atoms with Crippen LogP contribution in [0.2, 0.25) is 20.1 Å². The molecule has 4 rings (SSSR count). The molecule has 43 heavy (non-hydrogen) atoms. The number of amides is 4. The Morgan fingerprint density at radius 2 is 1.44 bits per heavy atom. The number of hydrogen-bond acceptors (Lipinski definition) is 7. The van der Waals surface area contributed by atoms with E-state index in [1.54, 1.807) is 24.3 Å². The van der Waals surface area contributed by atoms with E-state index in [-0.39, 0.29) is 81.1 Å². The van der Waals surface area contributed by atoms with Gasteiger partial charge in [-0.25, -0.2) is 14.4 Å². The maximum atomic E-state index is 13.1. The van der Waals surface area contributed by atoms with Gasteiger partial charge in [-0.15, -0.1) is 0 Å². The third-order valence-electron chi connectivity index (χ3n) is 6.55. The summed E-state index contributed by atoms with van der Waals surface area (Å²) in [5, 5.41) is 5.71. The second kappa shape index (κ2) is 14.1. The van der Waals surface area contributed by atoms with Crippen LogP contribution >= 0.6 is 46.4 Å². The van der Waals surface area contributed by atoms with Crippen LogP contribution in [0.1, 0.15) is 26.3 Å². The van der Waals surface area contributed by atoms with E-state index in [4.69, 9.17) is 51.1 Å². The van der Waals surface area contributed by atoms with E-state index in [0.717, 1.165) is 7.11 Å². The molecule has 1 unspecified atom stereocenters. The third-order valence-corrected chi connectivity index (χ3v) is 7.81. The van der Waals surface area contributed by atoms with E-state index >= 15 is 0 Å². The fourth-order valence-electron chi connectivity index (χ4n) is 4.34. The highest BCUT2D eigenvalue weighted by Gasteiger charge is 2.31. The average molecular weight is 670 g/mol. The van der Waals surface area contributed by atoms with Gasteiger partial charge in [-0.1, -0.05) is 58.5 Å². The van der Waals surface area contributed by atoms with Gasteiger partial charge in [0.05, 0.1) is 38.3 Å². The number of carbonyl (C=O) groups is 4. The van der Waals surface area contributed by atoms with Crippen LogP contribution in [0.3, 0.4) is 0 Å². The first-order valence-corrected chi connectivity index (χ1v) is 14.2. The molecule has 0 aliphatic carbocycles. The number of benzene rings is 2. The van der Waals surface area contributed by atoms with Gasteiger partial charge in [0.1, 0.15) is 11.9 Å². The molecule has 1 aromatic heterocycles. The van der Waals surface area contributed by atoms with Gasteiger partial charge < -0.3 is 30.2 Å². The van der Waals surface area contributed by atoms with Crippen molar-refractivity contribution >= 4 is 76.0 Å². The second-order valence-corrected chi connectivity index (χ2v) is 10.9. The van der Waals surface area contributed by atoms with Crippen LogP contribution in [0.5, 0.6) is 0 Å². The summed E-state index contributed by atoms with van der Waals surface area (Å²) in [7, 11) is 1.15. The van der Waals surface area contributed by atoms with Crippen molar-refractivity contribution in [3.8, 4) is 0 Å².